The zero-order valence-corrected chi connectivity index (χ0v) is 11.7. The van der Waals surface area contributed by atoms with Crippen molar-refractivity contribution < 1.29 is 19.4 Å². The molecule has 1 amide bonds. The van der Waals surface area contributed by atoms with E-state index in [1.165, 1.54) is 13.8 Å². The van der Waals surface area contributed by atoms with E-state index in [1.807, 2.05) is 24.3 Å². The maximum atomic E-state index is 11.8. The average Bonchev–Trinajstić information content (AvgIpc) is 2.78. The van der Waals surface area contributed by atoms with E-state index in [0.29, 0.717) is 6.54 Å². The Morgan fingerprint density at radius 3 is 2.75 bits per heavy atom. The lowest BCUT2D eigenvalue weighted by Crippen LogP contribution is -2.38. The SMILES string of the molecule is CC(C)(CC(=O)NCC1Cc2ccccc2O1)C(=O)O. The summed E-state index contributed by atoms with van der Waals surface area (Å²) in [5, 5.41) is 11.7. The molecule has 2 N–H and O–H groups in total. The summed E-state index contributed by atoms with van der Waals surface area (Å²) in [6.07, 6.45) is 0.644. The van der Waals surface area contributed by atoms with Gasteiger partial charge in [0.2, 0.25) is 5.91 Å². The highest BCUT2D eigenvalue weighted by molar-refractivity contribution is 5.84. The first-order chi connectivity index (χ1) is 9.38. The molecule has 20 heavy (non-hydrogen) atoms. The maximum absolute atomic E-state index is 11.8. The molecule has 1 aromatic carbocycles. The molecule has 0 fully saturated rings. The molecule has 0 saturated heterocycles. The molecule has 0 aromatic heterocycles. The molecule has 2 rings (SSSR count). The van der Waals surface area contributed by atoms with E-state index in [9.17, 15) is 9.59 Å². The highest BCUT2D eigenvalue weighted by atomic mass is 16.5. The van der Waals surface area contributed by atoms with E-state index in [2.05, 4.69) is 5.32 Å². The second-order valence-electron chi connectivity index (χ2n) is 5.72. The fourth-order valence-electron chi connectivity index (χ4n) is 2.13. The van der Waals surface area contributed by atoms with Crippen LogP contribution in [0.25, 0.3) is 0 Å². The number of aliphatic carboxylic acids is 1. The van der Waals surface area contributed by atoms with E-state index in [0.717, 1.165) is 17.7 Å². The molecule has 0 saturated carbocycles. The van der Waals surface area contributed by atoms with Gasteiger partial charge in [-0.25, -0.2) is 0 Å². The maximum Gasteiger partial charge on any atom is 0.309 e. The predicted molar refractivity (Wildman–Crippen MR) is 73.6 cm³/mol. The first kappa shape index (κ1) is 14.4. The number of amides is 1. The minimum absolute atomic E-state index is 0.0397. The van der Waals surface area contributed by atoms with Gasteiger partial charge < -0.3 is 15.2 Å². The van der Waals surface area contributed by atoms with Gasteiger partial charge in [0.25, 0.3) is 0 Å². The fourth-order valence-corrected chi connectivity index (χ4v) is 2.13. The van der Waals surface area contributed by atoms with Crippen LogP contribution in [0, 0.1) is 5.41 Å². The van der Waals surface area contributed by atoms with Crippen molar-refractivity contribution in [3.8, 4) is 5.75 Å². The van der Waals surface area contributed by atoms with Crippen molar-refractivity contribution in [2.75, 3.05) is 6.54 Å². The number of benzene rings is 1. The van der Waals surface area contributed by atoms with Gasteiger partial charge in [0.05, 0.1) is 12.0 Å². The Morgan fingerprint density at radius 1 is 1.40 bits per heavy atom. The van der Waals surface area contributed by atoms with Gasteiger partial charge in [0, 0.05) is 12.8 Å². The van der Waals surface area contributed by atoms with Crippen LogP contribution in [0.3, 0.4) is 0 Å². The summed E-state index contributed by atoms with van der Waals surface area (Å²) in [5.74, 6) is -0.383. The fraction of sp³-hybridized carbons (Fsp3) is 0.467. The van der Waals surface area contributed by atoms with Gasteiger partial charge >= 0.3 is 5.97 Å². The molecule has 1 atom stereocenters. The summed E-state index contributed by atoms with van der Waals surface area (Å²) >= 11 is 0. The van der Waals surface area contributed by atoms with Gasteiger partial charge in [-0.2, -0.15) is 0 Å². The zero-order valence-electron chi connectivity index (χ0n) is 11.7. The van der Waals surface area contributed by atoms with Gasteiger partial charge in [0.1, 0.15) is 11.9 Å². The Labute approximate surface area is 117 Å². The van der Waals surface area contributed by atoms with Gasteiger partial charge in [-0.05, 0) is 25.5 Å². The predicted octanol–water partition coefficient (Wildman–Crippen LogP) is 1.61. The van der Waals surface area contributed by atoms with Gasteiger partial charge in [-0.1, -0.05) is 18.2 Å². The van der Waals surface area contributed by atoms with Crippen LogP contribution in [0.2, 0.25) is 0 Å². The number of hydrogen-bond donors (Lipinski definition) is 2. The largest absolute Gasteiger partial charge is 0.488 e. The third-order valence-corrected chi connectivity index (χ3v) is 3.42. The van der Waals surface area contributed by atoms with Crippen molar-refractivity contribution in [1.29, 1.82) is 0 Å². The summed E-state index contributed by atoms with van der Waals surface area (Å²) in [6.45, 7) is 3.47. The number of hydrogen-bond acceptors (Lipinski definition) is 3. The average molecular weight is 277 g/mol. The van der Waals surface area contributed by atoms with Gasteiger partial charge in [0.15, 0.2) is 0 Å². The number of rotatable bonds is 5. The summed E-state index contributed by atoms with van der Waals surface area (Å²) in [7, 11) is 0. The van der Waals surface area contributed by atoms with Crippen molar-refractivity contribution >= 4 is 11.9 Å². The first-order valence-electron chi connectivity index (χ1n) is 6.63. The number of para-hydroxylation sites is 1. The molecule has 5 nitrogen and oxygen atoms in total. The van der Waals surface area contributed by atoms with Crippen LogP contribution >= 0.6 is 0 Å². The van der Waals surface area contributed by atoms with Crippen LogP contribution in [0.1, 0.15) is 25.8 Å². The van der Waals surface area contributed by atoms with E-state index in [4.69, 9.17) is 9.84 Å². The smallest absolute Gasteiger partial charge is 0.309 e. The molecule has 108 valence electrons. The molecule has 0 spiro atoms. The van der Waals surface area contributed by atoms with Crippen LogP contribution in [-0.4, -0.2) is 29.6 Å². The molecule has 1 unspecified atom stereocenters. The normalized spacial score (nSPS) is 17.2. The Hall–Kier alpha value is -2.04. The third kappa shape index (κ3) is 3.29. The number of carboxylic acid groups (broad SMARTS) is 1. The molecule has 1 aromatic rings. The lowest BCUT2D eigenvalue weighted by atomic mass is 9.89. The highest BCUT2D eigenvalue weighted by Gasteiger charge is 2.30. The van der Waals surface area contributed by atoms with Crippen molar-refractivity contribution in [3.63, 3.8) is 0 Å². The van der Waals surface area contributed by atoms with Crippen LogP contribution in [-0.2, 0) is 16.0 Å². The summed E-state index contributed by atoms with van der Waals surface area (Å²) in [5.41, 5.74) is 0.0847. The Kier molecular flexibility index (Phi) is 3.97. The lowest BCUT2D eigenvalue weighted by molar-refractivity contribution is -0.149. The van der Waals surface area contributed by atoms with Crippen molar-refractivity contribution in [3.05, 3.63) is 29.8 Å². The minimum Gasteiger partial charge on any atom is -0.488 e. The second kappa shape index (κ2) is 5.53. The number of nitrogens with one attached hydrogen (secondary N) is 1. The second-order valence-corrected chi connectivity index (χ2v) is 5.72. The van der Waals surface area contributed by atoms with E-state index < -0.39 is 11.4 Å². The number of ether oxygens (including phenoxy) is 1. The third-order valence-electron chi connectivity index (χ3n) is 3.42. The number of carbonyl (C=O) groups is 2. The quantitative estimate of drug-likeness (QED) is 0.857. The van der Waals surface area contributed by atoms with Crippen LogP contribution in [0.15, 0.2) is 24.3 Å². The molecular formula is C15H19NO4. The van der Waals surface area contributed by atoms with Gasteiger partial charge in [-0.3, -0.25) is 9.59 Å². The molecule has 1 heterocycles. The highest BCUT2D eigenvalue weighted by Crippen LogP contribution is 2.27. The number of fused-ring (bicyclic) bond motifs is 1. The lowest BCUT2D eigenvalue weighted by Gasteiger charge is -2.19. The number of carbonyl (C=O) groups excluding carboxylic acids is 1. The molecular weight excluding hydrogens is 258 g/mol. The standard InChI is InChI=1S/C15H19NO4/c1-15(2,14(18)19)8-13(17)16-9-11-7-10-5-3-4-6-12(10)20-11/h3-6,11H,7-9H2,1-2H3,(H,16,17)(H,18,19). The Bertz CT molecular complexity index is 499. The monoisotopic (exact) mass is 277 g/mol. The van der Waals surface area contributed by atoms with Gasteiger partial charge in [-0.15, -0.1) is 0 Å². The minimum atomic E-state index is -1.05. The first-order valence-corrected chi connectivity index (χ1v) is 6.63. The summed E-state index contributed by atoms with van der Waals surface area (Å²) < 4.78 is 5.70. The zero-order chi connectivity index (χ0) is 14.8. The van der Waals surface area contributed by atoms with Crippen LogP contribution in [0.5, 0.6) is 5.75 Å². The summed E-state index contributed by atoms with van der Waals surface area (Å²) in [4.78, 5) is 22.7. The number of carboxylic acids is 1. The van der Waals surface area contributed by atoms with E-state index >= 15 is 0 Å². The molecule has 5 heteroatoms. The molecule has 1 aliphatic rings. The van der Waals surface area contributed by atoms with E-state index in [-0.39, 0.29) is 18.4 Å². The Balaban J connectivity index is 1.80. The molecule has 1 aliphatic heterocycles. The molecule has 0 radical (unpaired) electrons. The molecule has 0 aliphatic carbocycles. The van der Waals surface area contributed by atoms with Crippen molar-refractivity contribution in [2.24, 2.45) is 5.41 Å². The topological polar surface area (TPSA) is 75.6 Å². The van der Waals surface area contributed by atoms with Crippen molar-refractivity contribution in [1.82, 2.24) is 5.32 Å². The Morgan fingerprint density at radius 2 is 2.10 bits per heavy atom. The van der Waals surface area contributed by atoms with E-state index in [1.54, 1.807) is 0 Å². The van der Waals surface area contributed by atoms with Crippen molar-refractivity contribution in [2.45, 2.75) is 32.8 Å². The van der Waals surface area contributed by atoms with Crippen LogP contribution in [0.4, 0.5) is 0 Å². The summed E-state index contributed by atoms with van der Waals surface area (Å²) in [6, 6.07) is 7.78. The van der Waals surface area contributed by atoms with Crippen LogP contribution < -0.4 is 10.1 Å². The molecule has 0 bridgehead atoms.